The van der Waals surface area contributed by atoms with Gasteiger partial charge in [0.15, 0.2) is 0 Å². The maximum atomic E-state index is 6.00. The summed E-state index contributed by atoms with van der Waals surface area (Å²) in [6.07, 6.45) is 1.92. The molecule has 0 fully saturated rings. The Bertz CT molecular complexity index is 431. The minimum atomic E-state index is 0.0345. The highest BCUT2D eigenvalue weighted by atomic mass is 35.5. The number of hydrogen-bond acceptors (Lipinski definition) is 1. The highest BCUT2D eigenvalue weighted by Crippen LogP contribution is 2.27. The van der Waals surface area contributed by atoms with Gasteiger partial charge in [-0.05, 0) is 18.6 Å². The Hall–Kier alpha value is -0.990. The third-order valence-corrected chi connectivity index (χ3v) is 2.50. The van der Waals surface area contributed by atoms with Crippen LogP contribution in [0, 0.1) is 0 Å². The van der Waals surface area contributed by atoms with E-state index in [2.05, 4.69) is 4.98 Å². The first kappa shape index (κ1) is 8.60. The van der Waals surface area contributed by atoms with Gasteiger partial charge >= 0.3 is 0 Å². The monoisotopic (exact) mass is 194 g/mol. The number of halogens is 1. The van der Waals surface area contributed by atoms with Crippen LogP contribution in [0.2, 0.25) is 5.02 Å². The summed E-state index contributed by atoms with van der Waals surface area (Å²) in [5, 5.41) is 1.85. The molecule has 0 saturated carbocycles. The summed E-state index contributed by atoms with van der Waals surface area (Å²) in [5.41, 5.74) is 7.89. The second kappa shape index (κ2) is 3.05. The summed E-state index contributed by atoms with van der Waals surface area (Å²) >= 11 is 6.00. The van der Waals surface area contributed by atoms with Crippen molar-refractivity contribution in [2.45, 2.75) is 13.0 Å². The minimum absolute atomic E-state index is 0.0345. The fraction of sp³-hybridized carbons (Fsp3) is 0.200. The molecule has 0 bridgehead atoms. The topological polar surface area (TPSA) is 41.8 Å². The minimum Gasteiger partial charge on any atom is -0.360 e. The molecular weight excluding hydrogens is 184 g/mol. The number of rotatable bonds is 1. The highest BCUT2D eigenvalue weighted by Gasteiger charge is 2.08. The summed E-state index contributed by atoms with van der Waals surface area (Å²) in [5.74, 6) is 0. The molecule has 2 rings (SSSR count). The Labute approximate surface area is 81.7 Å². The molecule has 0 unspecified atom stereocenters. The van der Waals surface area contributed by atoms with Crippen molar-refractivity contribution in [2.75, 3.05) is 0 Å². The van der Waals surface area contributed by atoms with Crippen molar-refractivity contribution in [3.05, 3.63) is 35.0 Å². The Morgan fingerprint density at radius 1 is 1.46 bits per heavy atom. The van der Waals surface area contributed by atoms with Gasteiger partial charge in [-0.15, -0.1) is 0 Å². The summed E-state index contributed by atoms with van der Waals surface area (Å²) < 4.78 is 0. The number of para-hydroxylation sites is 1. The molecule has 3 heteroatoms. The summed E-state index contributed by atoms with van der Waals surface area (Å²) in [7, 11) is 0. The van der Waals surface area contributed by atoms with Crippen LogP contribution in [0.5, 0.6) is 0 Å². The van der Waals surface area contributed by atoms with Gasteiger partial charge in [0.1, 0.15) is 0 Å². The largest absolute Gasteiger partial charge is 0.360 e. The number of nitrogens with one attached hydrogen (secondary N) is 1. The molecule has 2 aromatic rings. The number of aromatic amines is 1. The third kappa shape index (κ3) is 1.32. The van der Waals surface area contributed by atoms with Crippen LogP contribution in [0.15, 0.2) is 24.4 Å². The zero-order valence-electron chi connectivity index (χ0n) is 7.34. The van der Waals surface area contributed by atoms with Crippen molar-refractivity contribution in [1.82, 2.24) is 4.98 Å². The fourth-order valence-electron chi connectivity index (χ4n) is 1.52. The van der Waals surface area contributed by atoms with E-state index in [4.69, 9.17) is 17.3 Å². The SMILES string of the molecule is C[C@H](N)c1c[nH]c2c(Cl)cccc12. The van der Waals surface area contributed by atoms with E-state index >= 15 is 0 Å². The molecule has 1 heterocycles. The summed E-state index contributed by atoms with van der Waals surface area (Å²) in [6.45, 7) is 1.96. The van der Waals surface area contributed by atoms with E-state index in [1.165, 1.54) is 0 Å². The predicted octanol–water partition coefficient (Wildman–Crippen LogP) is 2.84. The van der Waals surface area contributed by atoms with Crippen molar-refractivity contribution >= 4 is 22.5 Å². The third-order valence-electron chi connectivity index (χ3n) is 2.19. The second-order valence-corrected chi connectivity index (χ2v) is 3.60. The van der Waals surface area contributed by atoms with Gasteiger partial charge < -0.3 is 10.7 Å². The van der Waals surface area contributed by atoms with Gasteiger partial charge in [-0.1, -0.05) is 23.7 Å². The van der Waals surface area contributed by atoms with Crippen molar-refractivity contribution in [2.24, 2.45) is 5.73 Å². The summed E-state index contributed by atoms with van der Waals surface area (Å²) in [4.78, 5) is 3.13. The first-order valence-electron chi connectivity index (χ1n) is 4.21. The van der Waals surface area contributed by atoms with Gasteiger partial charge in [0.25, 0.3) is 0 Å². The number of H-pyrrole nitrogens is 1. The second-order valence-electron chi connectivity index (χ2n) is 3.20. The van der Waals surface area contributed by atoms with Crippen LogP contribution < -0.4 is 5.73 Å². The molecule has 0 aliphatic rings. The van der Waals surface area contributed by atoms with Crippen LogP contribution in [0.1, 0.15) is 18.5 Å². The van der Waals surface area contributed by atoms with Crippen LogP contribution in [0.4, 0.5) is 0 Å². The number of benzene rings is 1. The number of nitrogens with two attached hydrogens (primary N) is 1. The van der Waals surface area contributed by atoms with Crippen LogP contribution in [0.3, 0.4) is 0 Å². The molecule has 0 aliphatic carbocycles. The van der Waals surface area contributed by atoms with E-state index in [9.17, 15) is 0 Å². The molecule has 2 nitrogen and oxygen atoms in total. The number of aromatic nitrogens is 1. The molecular formula is C10H11ClN2. The average Bonchev–Trinajstić information content (AvgIpc) is 2.48. The molecule has 0 amide bonds. The standard InChI is InChI=1S/C10H11ClN2/c1-6(12)8-5-13-10-7(8)3-2-4-9(10)11/h2-6,13H,12H2,1H3/t6-/m0/s1. The van der Waals surface area contributed by atoms with Gasteiger partial charge in [-0.25, -0.2) is 0 Å². The molecule has 1 atom stereocenters. The van der Waals surface area contributed by atoms with Crippen molar-refractivity contribution < 1.29 is 0 Å². The maximum absolute atomic E-state index is 6.00. The molecule has 1 aromatic heterocycles. The molecule has 0 aliphatic heterocycles. The molecule has 0 radical (unpaired) electrons. The maximum Gasteiger partial charge on any atom is 0.0647 e. The lowest BCUT2D eigenvalue weighted by Crippen LogP contribution is -2.03. The van der Waals surface area contributed by atoms with E-state index in [0.717, 1.165) is 21.5 Å². The van der Waals surface area contributed by atoms with Gasteiger partial charge in [0.2, 0.25) is 0 Å². The Morgan fingerprint density at radius 3 is 2.92 bits per heavy atom. The number of hydrogen-bond donors (Lipinski definition) is 2. The predicted molar refractivity (Wildman–Crippen MR) is 55.9 cm³/mol. The van der Waals surface area contributed by atoms with E-state index < -0.39 is 0 Å². The van der Waals surface area contributed by atoms with E-state index in [0.29, 0.717) is 0 Å². The van der Waals surface area contributed by atoms with Crippen LogP contribution in [-0.2, 0) is 0 Å². The lowest BCUT2D eigenvalue weighted by atomic mass is 10.1. The average molecular weight is 195 g/mol. The van der Waals surface area contributed by atoms with Crippen LogP contribution >= 0.6 is 11.6 Å². The van der Waals surface area contributed by atoms with E-state index in [1.807, 2.05) is 31.3 Å². The summed E-state index contributed by atoms with van der Waals surface area (Å²) in [6, 6.07) is 5.86. The first-order valence-corrected chi connectivity index (χ1v) is 4.59. The van der Waals surface area contributed by atoms with Gasteiger partial charge in [0, 0.05) is 17.6 Å². The molecule has 13 heavy (non-hydrogen) atoms. The van der Waals surface area contributed by atoms with Crippen molar-refractivity contribution in [3.8, 4) is 0 Å². The quantitative estimate of drug-likeness (QED) is 0.720. The molecule has 1 aromatic carbocycles. The van der Waals surface area contributed by atoms with Gasteiger partial charge in [-0.2, -0.15) is 0 Å². The Balaban J connectivity index is 2.75. The van der Waals surface area contributed by atoms with Crippen molar-refractivity contribution in [1.29, 1.82) is 0 Å². The van der Waals surface area contributed by atoms with Crippen LogP contribution in [-0.4, -0.2) is 4.98 Å². The lowest BCUT2D eigenvalue weighted by Gasteiger charge is -2.02. The first-order chi connectivity index (χ1) is 6.20. The highest BCUT2D eigenvalue weighted by molar-refractivity contribution is 6.35. The lowest BCUT2D eigenvalue weighted by molar-refractivity contribution is 0.826. The molecule has 0 saturated heterocycles. The van der Waals surface area contributed by atoms with E-state index in [1.54, 1.807) is 0 Å². The zero-order chi connectivity index (χ0) is 9.42. The van der Waals surface area contributed by atoms with Gasteiger partial charge in [-0.3, -0.25) is 0 Å². The molecule has 0 spiro atoms. The van der Waals surface area contributed by atoms with E-state index in [-0.39, 0.29) is 6.04 Å². The smallest absolute Gasteiger partial charge is 0.0647 e. The normalized spacial score (nSPS) is 13.5. The molecule has 68 valence electrons. The Morgan fingerprint density at radius 2 is 2.23 bits per heavy atom. The fourth-order valence-corrected chi connectivity index (χ4v) is 1.74. The Kier molecular flexibility index (Phi) is 2.02. The molecule has 3 N–H and O–H groups in total. The van der Waals surface area contributed by atoms with Crippen LogP contribution in [0.25, 0.3) is 10.9 Å². The van der Waals surface area contributed by atoms with Gasteiger partial charge in [0.05, 0.1) is 10.5 Å². The zero-order valence-corrected chi connectivity index (χ0v) is 8.10. The number of fused-ring (bicyclic) bond motifs is 1. The van der Waals surface area contributed by atoms with Crippen molar-refractivity contribution in [3.63, 3.8) is 0 Å².